The Kier molecular flexibility index (Phi) is 5.17. The summed E-state index contributed by atoms with van der Waals surface area (Å²) >= 11 is 0. The van der Waals surface area contributed by atoms with E-state index in [-0.39, 0.29) is 5.91 Å². The summed E-state index contributed by atoms with van der Waals surface area (Å²) in [7, 11) is 0. The molecule has 1 aliphatic carbocycles. The Balaban J connectivity index is 1.96. The number of hydrogen-bond donors (Lipinski definition) is 2. The highest BCUT2D eigenvalue weighted by atomic mass is 16.1. The molecule has 3 N–H and O–H groups in total. The summed E-state index contributed by atoms with van der Waals surface area (Å²) in [5.41, 5.74) is 7.13. The molecule has 5 nitrogen and oxygen atoms in total. The zero-order valence-corrected chi connectivity index (χ0v) is 12.6. The minimum absolute atomic E-state index is 0.0144. The molecule has 0 aromatic carbocycles. The second kappa shape index (κ2) is 6.88. The lowest BCUT2D eigenvalue weighted by atomic mass is 9.87. The van der Waals surface area contributed by atoms with Gasteiger partial charge >= 0.3 is 0 Å². The number of rotatable bonds is 5. The van der Waals surface area contributed by atoms with E-state index in [1.807, 2.05) is 11.6 Å². The maximum atomic E-state index is 12.3. The highest BCUT2D eigenvalue weighted by Crippen LogP contribution is 2.23. The van der Waals surface area contributed by atoms with Gasteiger partial charge in [-0.05, 0) is 38.6 Å². The minimum Gasteiger partial charge on any atom is -0.349 e. The molecule has 0 saturated heterocycles. The highest BCUT2D eigenvalue weighted by Gasteiger charge is 2.22. The van der Waals surface area contributed by atoms with Crippen molar-refractivity contribution in [3.63, 3.8) is 0 Å². The predicted molar refractivity (Wildman–Crippen MR) is 79.5 cm³/mol. The van der Waals surface area contributed by atoms with E-state index >= 15 is 0 Å². The van der Waals surface area contributed by atoms with Crippen LogP contribution in [0.4, 0.5) is 0 Å². The van der Waals surface area contributed by atoms with Crippen molar-refractivity contribution in [2.45, 2.75) is 58.5 Å². The van der Waals surface area contributed by atoms with Crippen molar-refractivity contribution in [2.75, 3.05) is 6.54 Å². The number of hydrogen-bond acceptors (Lipinski definition) is 3. The fourth-order valence-electron chi connectivity index (χ4n) is 2.96. The molecule has 0 spiro atoms. The van der Waals surface area contributed by atoms with Gasteiger partial charge in [0.1, 0.15) is 0 Å². The van der Waals surface area contributed by atoms with Gasteiger partial charge in [0.05, 0.1) is 11.8 Å². The van der Waals surface area contributed by atoms with Crippen molar-refractivity contribution in [1.29, 1.82) is 0 Å². The first-order chi connectivity index (χ1) is 9.61. The average Bonchev–Trinajstić information content (AvgIpc) is 2.78. The van der Waals surface area contributed by atoms with Crippen molar-refractivity contribution in [1.82, 2.24) is 15.1 Å². The fraction of sp³-hybridized carbons (Fsp3) is 0.733. The van der Waals surface area contributed by atoms with Crippen LogP contribution in [0.25, 0.3) is 0 Å². The number of aryl methyl sites for hydroxylation is 1. The van der Waals surface area contributed by atoms with Gasteiger partial charge in [-0.25, -0.2) is 0 Å². The summed E-state index contributed by atoms with van der Waals surface area (Å²) in [4.78, 5) is 12.3. The summed E-state index contributed by atoms with van der Waals surface area (Å²) in [5.74, 6) is 0.725. The first-order valence-corrected chi connectivity index (χ1v) is 7.65. The first kappa shape index (κ1) is 15.0. The van der Waals surface area contributed by atoms with Crippen LogP contribution in [-0.4, -0.2) is 28.3 Å². The molecule has 0 aliphatic heterocycles. The molecule has 20 heavy (non-hydrogen) atoms. The highest BCUT2D eigenvalue weighted by molar-refractivity contribution is 5.95. The van der Waals surface area contributed by atoms with Crippen LogP contribution in [0.1, 0.15) is 55.1 Å². The van der Waals surface area contributed by atoms with Crippen molar-refractivity contribution < 1.29 is 4.79 Å². The van der Waals surface area contributed by atoms with Gasteiger partial charge in [-0.1, -0.05) is 19.8 Å². The van der Waals surface area contributed by atoms with Gasteiger partial charge in [0.25, 0.3) is 5.91 Å². The topological polar surface area (TPSA) is 72.9 Å². The quantitative estimate of drug-likeness (QED) is 0.863. The molecule has 1 amide bonds. The Morgan fingerprint density at radius 3 is 3.05 bits per heavy atom. The van der Waals surface area contributed by atoms with E-state index in [0.717, 1.165) is 31.5 Å². The van der Waals surface area contributed by atoms with Gasteiger partial charge < -0.3 is 11.1 Å². The average molecular weight is 278 g/mol. The molecule has 1 fully saturated rings. The van der Waals surface area contributed by atoms with Gasteiger partial charge in [0.15, 0.2) is 0 Å². The van der Waals surface area contributed by atoms with Gasteiger partial charge in [-0.2, -0.15) is 5.10 Å². The standard InChI is InChI=1S/C15H26N4O/c1-11-5-3-6-13(9-11)18-15(20)14-10-17-19(12(14)2)8-4-7-16/h10-11,13H,3-9,16H2,1-2H3,(H,18,20). The molecular weight excluding hydrogens is 252 g/mol. The molecule has 1 heterocycles. The number of amides is 1. The van der Waals surface area contributed by atoms with Gasteiger partial charge in [-0.3, -0.25) is 9.48 Å². The van der Waals surface area contributed by atoms with E-state index in [4.69, 9.17) is 5.73 Å². The summed E-state index contributed by atoms with van der Waals surface area (Å²) in [5, 5.41) is 7.44. The van der Waals surface area contributed by atoms with Crippen molar-refractivity contribution in [3.05, 3.63) is 17.5 Å². The van der Waals surface area contributed by atoms with Crippen LogP contribution in [0.3, 0.4) is 0 Å². The maximum absolute atomic E-state index is 12.3. The van der Waals surface area contributed by atoms with Crippen LogP contribution in [0.2, 0.25) is 0 Å². The Bertz CT molecular complexity index is 455. The number of carbonyl (C=O) groups excluding carboxylic acids is 1. The fourth-order valence-corrected chi connectivity index (χ4v) is 2.96. The van der Waals surface area contributed by atoms with E-state index in [1.165, 1.54) is 12.8 Å². The third-order valence-corrected chi connectivity index (χ3v) is 4.19. The molecule has 1 aliphatic rings. The van der Waals surface area contributed by atoms with Crippen molar-refractivity contribution in [3.8, 4) is 0 Å². The van der Waals surface area contributed by atoms with E-state index in [2.05, 4.69) is 17.3 Å². The van der Waals surface area contributed by atoms with Crippen molar-refractivity contribution >= 4 is 5.91 Å². The molecule has 1 saturated carbocycles. The monoisotopic (exact) mass is 278 g/mol. The normalized spacial score (nSPS) is 22.8. The lowest BCUT2D eigenvalue weighted by Crippen LogP contribution is -2.38. The van der Waals surface area contributed by atoms with Crippen LogP contribution >= 0.6 is 0 Å². The summed E-state index contributed by atoms with van der Waals surface area (Å²) < 4.78 is 1.87. The molecule has 112 valence electrons. The Labute approximate surface area is 120 Å². The number of nitrogens with zero attached hydrogens (tertiary/aromatic N) is 2. The van der Waals surface area contributed by atoms with Crippen LogP contribution in [0, 0.1) is 12.8 Å². The third-order valence-electron chi connectivity index (χ3n) is 4.19. The molecule has 2 atom stereocenters. The summed E-state index contributed by atoms with van der Waals surface area (Å²) in [6.45, 7) is 5.62. The number of carbonyl (C=O) groups is 1. The lowest BCUT2D eigenvalue weighted by Gasteiger charge is -2.27. The summed E-state index contributed by atoms with van der Waals surface area (Å²) in [6.07, 6.45) is 7.23. The minimum atomic E-state index is 0.0144. The molecular formula is C15H26N4O. The Morgan fingerprint density at radius 1 is 1.55 bits per heavy atom. The maximum Gasteiger partial charge on any atom is 0.254 e. The molecule has 2 unspecified atom stereocenters. The van der Waals surface area contributed by atoms with Crippen LogP contribution < -0.4 is 11.1 Å². The number of aromatic nitrogens is 2. The SMILES string of the molecule is Cc1c(C(=O)NC2CCCC(C)C2)cnn1CCCN. The Hall–Kier alpha value is -1.36. The van der Waals surface area contributed by atoms with Gasteiger partial charge in [0, 0.05) is 18.3 Å². The van der Waals surface area contributed by atoms with Gasteiger partial charge in [0.2, 0.25) is 0 Å². The molecule has 1 aromatic rings. The van der Waals surface area contributed by atoms with Crippen molar-refractivity contribution in [2.24, 2.45) is 11.7 Å². The second-order valence-electron chi connectivity index (χ2n) is 5.95. The number of nitrogens with one attached hydrogen (secondary N) is 1. The molecule has 0 radical (unpaired) electrons. The van der Waals surface area contributed by atoms with E-state index in [1.54, 1.807) is 6.20 Å². The van der Waals surface area contributed by atoms with Gasteiger partial charge in [-0.15, -0.1) is 0 Å². The molecule has 0 bridgehead atoms. The van der Waals surface area contributed by atoms with E-state index < -0.39 is 0 Å². The largest absolute Gasteiger partial charge is 0.349 e. The molecule has 1 aromatic heterocycles. The first-order valence-electron chi connectivity index (χ1n) is 7.65. The number of nitrogens with two attached hydrogens (primary N) is 1. The lowest BCUT2D eigenvalue weighted by molar-refractivity contribution is 0.0920. The zero-order valence-electron chi connectivity index (χ0n) is 12.6. The van der Waals surface area contributed by atoms with Crippen LogP contribution in [0.5, 0.6) is 0 Å². The van der Waals surface area contributed by atoms with Crippen LogP contribution in [-0.2, 0) is 6.54 Å². The van der Waals surface area contributed by atoms with E-state index in [9.17, 15) is 4.79 Å². The van der Waals surface area contributed by atoms with Crippen LogP contribution in [0.15, 0.2) is 6.20 Å². The Morgan fingerprint density at radius 2 is 2.35 bits per heavy atom. The third kappa shape index (κ3) is 3.60. The molecule has 2 rings (SSSR count). The second-order valence-corrected chi connectivity index (χ2v) is 5.95. The predicted octanol–water partition coefficient (Wildman–Crippen LogP) is 1.85. The smallest absolute Gasteiger partial charge is 0.254 e. The molecule has 5 heteroatoms. The zero-order chi connectivity index (χ0) is 14.5. The summed E-state index contributed by atoms with van der Waals surface area (Å²) in [6, 6.07) is 0.318. The van der Waals surface area contributed by atoms with E-state index in [0.29, 0.717) is 24.1 Å².